The lowest BCUT2D eigenvalue weighted by atomic mass is 10.0. The van der Waals surface area contributed by atoms with Crippen LogP contribution in [0, 0.1) is 0 Å². The number of methoxy groups -OCH3 is 1. The van der Waals surface area contributed by atoms with Crippen molar-refractivity contribution in [2.24, 2.45) is 0 Å². The van der Waals surface area contributed by atoms with Gasteiger partial charge in [0, 0.05) is 0 Å². The Kier molecular flexibility index (Phi) is 8.73. The van der Waals surface area contributed by atoms with Gasteiger partial charge in [0.2, 0.25) is 0 Å². The number of nitrogens with one attached hydrogen (secondary N) is 1. The summed E-state index contributed by atoms with van der Waals surface area (Å²) in [6.07, 6.45) is -0.665. The summed E-state index contributed by atoms with van der Waals surface area (Å²) < 4.78 is 21.8. The van der Waals surface area contributed by atoms with Crippen molar-refractivity contribution in [3.05, 3.63) is 59.7 Å². The molecule has 0 aliphatic carbocycles. The zero-order chi connectivity index (χ0) is 22.9. The quantitative estimate of drug-likeness (QED) is 0.577. The Labute approximate surface area is 183 Å². The van der Waals surface area contributed by atoms with Crippen LogP contribution in [0.25, 0.3) is 0 Å². The molecular formula is C24H31NO6. The molecule has 0 radical (unpaired) electrons. The van der Waals surface area contributed by atoms with Crippen LogP contribution in [0.2, 0.25) is 0 Å². The van der Waals surface area contributed by atoms with Gasteiger partial charge in [-0.1, -0.05) is 36.4 Å². The zero-order valence-corrected chi connectivity index (χ0v) is 18.8. The second-order valence-corrected chi connectivity index (χ2v) is 7.89. The molecule has 7 heteroatoms. The minimum atomic E-state index is -0.664. The number of alkyl carbamates (subject to hydrolysis) is 1. The Bertz CT molecular complexity index is 860. The molecule has 1 N–H and O–H groups in total. The minimum Gasteiger partial charge on any atom is -0.493 e. The molecule has 0 heterocycles. The second-order valence-electron chi connectivity index (χ2n) is 7.89. The summed E-state index contributed by atoms with van der Waals surface area (Å²) in [6.45, 7) is 7.66. The average Bonchev–Trinajstić information content (AvgIpc) is 2.71. The number of esters is 1. The van der Waals surface area contributed by atoms with Crippen molar-refractivity contribution in [1.82, 2.24) is 5.32 Å². The SMILES string of the molecule is CCOC(=O)C[C@@H](NC(=O)OC(C)(C)C)c1ccc(OC)c(OCc2ccccc2)c1. The van der Waals surface area contributed by atoms with E-state index >= 15 is 0 Å². The lowest BCUT2D eigenvalue weighted by molar-refractivity contribution is -0.143. The van der Waals surface area contributed by atoms with E-state index in [2.05, 4.69) is 5.32 Å². The highest BCUT2D eigenvalue weighted by Gasteiger charge is 2.24. The van der Waals surface area contributed by atoms with Gasteiger partial charge in [0.15, 0.2) is 11.5 Å². The molecule has 0 bridgehead atoms. The van der Waals surface area contributed by atoms with Crippen LogP contribution in [0.1, 0.15) is 51.3 Å². The van der Waals surface area contributed by atoms with E-state index in [-0.39, 0.29) is 13.0 Å². The number of amides is 1. The maximum atomic E-state index is 12.4. The zero-order valence-electron chi connectivity index (χ0n) is 18.8. The average molecular weight is 430 g/mol. The fourth-order valence-electron chi connectivity index (χ4n) is 2.85. The first-order chi connectivity index (χ1) is 14.7. The standard InChI is InChI=1S/C24H31NO6/c1-6-29-22(26)15-19(25-23(27)31-24(2,3)4)18-12-13-20(28-5)21(14-18)30-16-17-10-8-7-9-11-17/h7-14,19H,6,15-16H2,1-5H3,(H,25,27)/t19-/m1/s1. The highest BCUT2D eigenvalue weighted by molar-refractivity contribution is 5.73. The molecule has 0 unspecified atom stereocenters. The highest BCUT2D eigenvalue weighted by atomic mass is 16.6. The van der Waals surface area contributed by atoms with E-state index in [1.807, 2.05) is 30.3 Å². The molecule has 2 aromatic rings. The molecule has 0 aliphatic heterocycles. The molecule has 0 aliphatic rings. The Morgan fingerprint density at radius 3 is 2.35 bits per heavy atom. The first-order valence-corrected chi connectivity index (χ1v) is 10.2. The number of ether oxygens (including phenoxy) is 4. The monoisotopic (exact) mass is 429 g/mol. The Morgan fingerprint density at radius 1 is 1.03 bits per heavy atom. The summed E-state index contributed by atoms with van der Waals surface area (Å²) in [5.41, 5.74) is 1.01. The van der Waals surface area contributed by atoms with Crippen LogP contribution in [0.4, 0.5) is 4.79 Å². The van der Waals surface area contributed by atoms with E-state index in [1.165, 1.54) is 0 Å². The molecule has 1 atom stereocenters. The summed E-state index contributed by atoms with van der Waals surface area (Å²) in [5.74, 6) is 0.627. The summed E-state index contributed by atoms with van der Waals surface area (Å²) in [4.78, 5) is 24.5. The van der Waals surface area contributed by atoms with Crippen molar-refractivity contribution in [3.8, 4) is 11.5 Å². The summed E-state index contributed by atoms with van der Waals surface area (Å²) in [6, 6.07) is 14.3. The number of carbonyl (C=O) groups excluding carboxylic acids is 2. The van der Waals surface area contributed by atoms with Gasteiger partial charge >= 0.3 is 12.1 Å². The van der Waals surface area contributed by atoms with Crippen LogP contribution in [-0.4, -0.2) is 31.4 Å². The van der Waals surface area contributed by atoms with E-state index in [0.29, 0.717) is 23.7 Å². The Morgan fingerprint density at radius 2 is 1.74 bits per heavy atom. The van der Waals surface area contributed by atoms with E-state index in [1.54, 1.807) is 53.0 Å². The molecule has 0 saturated carbocycles. The minimum absolute atomic E-state index is 0.0441. The van der Waals surface area contributed by atoms with Gasteiger partial charge in [-0.25, -0.2) is 4.79 Å². The third-order valence-electron chi connectivity index (χ3n) is 4.19. The normalized spacial score (nSPS) is 11.9. The molecule has 2 aromatic carbocycles. The Balaban J connectivity index is 2.25. The predicted octanol–water partition coefficient (Wildman–Crippen LogP) is 4.79. The molecule has 1 amide bonds. The second kappa shape index (κ2) is 11.2. The van der Waals surface area contributed by atoms with Crippen LogP contribution in [0.3, 0.4) is 0 Å². The molecular weight excluding hydrogens is 398 g/mol. The topological polar surface area (TPSA) is 83.1 Å². The molecule has 0 aromatic heterocycles. The van der Waals surface area contributed by atoms with E-state index in [9.17, 15) is 9.59 Å². The van der Waals surface area contributed by atoms with Crippen molar-refractivity contribution < 1.29 is 28.5 Å². The molecule has 31 heavy (non-hydrogen) atoms. The number of carbonyl (C=O) groups is 2. The lowest BCUT2D eigenvalue weighted by Crippen LogP contribution is -2.36. The first-order valence-electron chi connectivity index (χ1n) is 10.2. The van der Waals surface area contributed by atoms with Gasteiger partial charge in [-0.05, 0) is 51.0 Å². The van der Waals surface area contributed by atoms with Gasteiger partial charge in [0.25, 0.3) is 0 Å². The van der Waals surface area contributed by atoms with Crippen LogP contribution >= 0.6 is 0 Å². The number of rotatable bonds is 9. The van der Waals surface area contributed by atoms with Gasteiger partial charge in [-0.15, -0.1) is 0 Å². The van der Waals surface area contributed by atoms with Crippen molar-refractivity contribution in [2.45, 2.75) is 52.4 Å². The van der Waals surface area contributed by atoms with Crippen molar-refractivity contribution in [2.75, 3.05) is 13.7 Å². The van der Waals surface area contributed by atoms with Gasteiger partial charge in [0.1, 0.15) is 12.2 Å². The first kappa shape index (κ1) is 24.1. The highest BCUT2D eigenvalue weighted by Crippen LogP contribution is 2.32. The summed E-state index contributed by atoms with van der Waals surface area (Å²) in [5, 5.41) is 2.76. The molecule has 2 rings (SSSR count). The largest absolute Gasteiger partial charge is 0.493 e. The predicted molar refractivity (Wildman–Crippen MR) is 117 cm³/mol. The number of hydrogen-bond donors (Lipinski definition) is 1. The van der Waals surface area contributed by atoms with Crippen molar-refractivity contribution in [3.63, 3.8) is 0 Å². The lowest BCUT2D eigenvalue weighted by Gasteiger charge is -2.24. The molecule has 168 valence electrons. The molecule has 0 fully saturated rings. The van der Waals surface area contributed by atoms with Crippen molar-refractivity contribution >= 4 is 12.1 Å². The fraction of sp³-hybridized carbons (Fsp3) is 0.417. The van der Waals surface area contributed by atoms with Crippen LogP contribution in [-0.2, 0) is 20.9 Å². The van der Waals surface area contributed by atoms with E-state index in [4.69, 9.17) is 18.9 Å². The van der Waals surface area contributed by atoms with E-state index < -0.39 is 23.7 Å². The van der Waals surface area contributed by atoms with Crippen LogP contribution in [0.15, 0.2) is 48.5 Å². The van der Waals surface area contributed by atoms with E-state index in [0.717, 1.165) is 5.56 Å². The third kappa shape index (κ3) is 8.20. The maximum Gasteiger partial charge on any atom is 0.408 e. The van der Waals surface area contributed by atoms with Gasteiger partial charge < -0.3 is 24.3 Å². The summed E-state index contributed by atoms with van der Waals surface area (Å²) in [7, 11) is 1.55. The van der Waals surface area contributed by atoms with Gasteiger partial charge in [-0.2, -0.15) is 0 Å². The smallest absolute Gasteiger partial charge is 0.408 e. The van der Waals surface area contributed by atoms with Crippen LogP contribution in [0.5, 0.6) is 11.5 Å². The maximum absolute atomic E-state index is 12.4. The van der Waals surface area contributed by atoms with Gasteiger partial charge in [-0.3, -0.25) is 4.79 Å². The van der Waals surface area contributed by atoms with Crippen LogP contribution < -0.4 is 14.8 Å². The molecule has 0 spiro atoms. The number of benzene rings is 2. The van der Waals surface area contributed by atoms with Gasteiger partial charge in [0.05, 0.1) is 26.2 Å². The third-order valence-corrected chi connectivity index (χ3v) is 4.19. The Hall–Kier alpha value is -3.22. The molecule has 0 saturated heterocycles. The van der Waals surface area contributed by atoms with Crippen molar-refractivity contribution in [1.29, 1.82) is 0 Å². The fourth-order valence-corrected chi connectivity index (χ4v) is 2.85. The number of hydrogen-bond acceptors (Lipinski definition) is 6. The summed E-state index contributed by atoms with van der Waals surface area (Å²) >= 11 is 0. The molecule has 7 nitrogen and oxygen atoms in total.